The van der Waals surface area contributed by atoms with E-state index in [4.69, 9.17) is 0 Å². The summed E-state index contributed by atoms with van der Waals surface area (Å²) in [6.07, 6.45) is 7.77. The predicted octanol–water partition coefficient (Wildman–Crippen LogP) is 3.43. The van der Waals surface area contributed by atoms with Gasteiger partial charge < -0.3 is 4.90 Å². The lowest BCUT2D eigenvalue weighted by Crippen LogP contribution is -2.14. The summed E-state index contributed by atoms with van der Waals surface area (Å²) in [7, 11) is 0. The number of thioether (sulfide) groups is 1. The second kappa shape index (κ2) is 5.52. The van der Waals surface area contributed by atoms with Crippen LogP contribution in [-0.2, 0) is 0 Å². The van der Waals surface area contributed by atoms with Gasteiger partial charge in [-0.2, -0.15) is 0 Å². The van der Waals surface area contributed by atoms with Crippen molar-refractivity contribution >= 4 is 11.8 Å². The zero-order valence-corrected chi connectivity index (χ0v) is 8.99. The first-order valence-corrected chi connectivity index (χ1v) is 5.86. The summed E-state index contributed by atoms with van der Waals surface area (Å²) in [4.78, 5) is 3.89. The van der Waals surface area contributed by atoms with Gasteiger partial charge >= 0.3 is 0 Å². The largest absolute Gasteiger partial charge is 0.367 e. The van der Waals surface area contributed by atoms with Crippen LogP contribution < -0.4 is 0 Å². The van der Waals surface area contributed by atoms with Gasteiger partial charge in [0.25, 0.3) is 0 Å². The molecule has 1 rings (SSSR count). The summed E-state index contributed by atoms with van der Waals surface area (Å²) in [5.74, 6) is 1.18. The molecule has 12 heavy (non-hydrogen) atoms. The summed E-state index contributed by atoms with van der Waals surface area (Å²) in [6, 6.07) is 0. The van der Waals surface area contributed by atoms with Gasteiger partial charge in [-0.3, -0.25) is 0 Å². The molecule has 0 N–H and O–H groups in total. The maximum Gasteiger partial charge on any atom is 0.0677 e. The molecule has 0 spiro atoms. The van der Waals surface area contributed by atoms with Crippen LogP contribution in [0.5, 0.6) is 0 Å². The fourth-order valence-corrected chi connectivity index (χ4v) is 2.18. The molecule has 0 amide bonds. The Labute approximate surface area is 80.2 Å². The monoisotopic (exact) mass is 185 g/mol. The highest BCUT2D eigenvalue weighted by Gasteiger charge is 2.07. The van der Waals surface area contributed by atoms with E-state index in [0.29, 0.717) is 0 Å². The van der Waals surface area contributed by atoms with E-state index in [9.17, 15) is 0 Å². The molecule has 0 unspecified atom stereocenters. The Hall–Kier alpha value is -0.110. The highest BCUT2D eigenvalue weighted by molar-refractivity contribution is 8.03. The lowest BCUT2D eigenvalue weighted by Gasteiger charge is -2.13. The number of hydrogen-bond acceptors (Lipinski definition) is 2. The lowest BCUT2D eigenvalue weighted by atomic mass is 10.2. The Morgan fingerprint density at radius 3 is 2.83 bits per heavy atom. The third kappa shape index (κ3) is 3.53. The molecular weight excluding hydrogens is 166 g/mol. The summed E-state index contributed by atoms with van der Waals surface area (Å²) in [6.45, 7) is 5.71. The van der Waals surface area contributed by atoms with Crippen LogP contribution in [0, 0.1) is 0 Å². The number of hydrogen-bond donors (Lipinski definition) is 0. The Kier molecular flexibility index (Phi) is 4.59. The van der Waals surface area contributed by atoms with Gasteiger partial charge in [-0.15, -0.1) is 11.8 Å². The van der Waals surface area contributed by atoms with E-state index < -0.39 is 0 Å². The average Bonchev–Trinajstić information content (AvgIpc) is 2.45. The zero-order chi connectivity index (χ0) is 8.81. The summed E-state index contributed by atoms with van der Waals surface area (Å²) in [5.41, 5.74) is 0. The molecule has 0 atom stereocenters. The Morgan fingerprint density at radius 1 is 1.42 bits per heavy atom. The van der Waals surface area contributed by atoms with Crippen LogP contribution >= 0.6 is 11.8 Å². The minimum absolute atomic E-state index is 1.18. The Morgan fingerprint density at radius 2 is 2.25 bits per heavy atom. The molecular formula is C10H19NS. The topological polar surface area (TPSA) is 3.24 Å². The van der Waals surface area contributed by atoms with Crippen molar-refractivity contribution in [3.63, 3.8) is 0 Å². The van der Waals surface area contributed by atoms with E-state index in [-0.39, 0.29) is 0 Å². The highest BCUT2D eigenvalue weighted by atomic mass is 32.2. The second-order valence-corrected chi connectivity index (χ2v) is 4.58. The second-order valence-electron chi connectivity index (χ2n) is 3.39. The van der Waals surface area contributed by atoms with Crippen molar-refractivity contribution in [1.29, 1.82) is 0 Å². The van der Waals surface area contributed by atoms with Crippen molar-refractivity contribution in [1.82, 2.24) is 4.90 Å². The van der Waals surface area contributed by atoms with Gasteiger partial charge in [0.15, 0.2) is 0 Å². The molecule has 0 bridgehead atoms. The van der Waals surface area contributed by atoms with E-state index in [2.05, 4.69) is 24.9 Å². The maximum atomic E-state index is 2.43. The molecule has 2 heteroatoms. The Bertz CT molecular complexity index is 154. The number of rotatable bonds is 5. The first-order valence-electron chi connectivity index (χ1n) is 4.88. The highest BCUT2D eigenvalue weighted by Crippen LogP contribution is 2.24. The van der Waals surface area contributed by atoms with Crippen LogP contribution in [0.25, 0.3) is 0 Å². The molecule has 0 aromatic heterocycles. The van der Waals surface area contributed by atoms with Crippen molar-refractivity contribution in [3.05, 3.63) is 11.1 Å². The molecule has 1 aliphatic heterocycles. The Balaban J connectivity index is 2.01. The molecule has 0 fully saturated rings. The van der Waals surface area contributed by atoms with E-state index in [0.717, 1.165) is 0 Å². The summed E-state index contributed by atoms with van der Waals surface area (Å²) in [5, 5.41) is 0. The molecule has 1 nitrogen and oxygen atoms in total. The van der Waals surface area contributed by atoms with Crippen molar-refractivity contribution in [2.75, 3.05) is 12.4 Å². The zero-order valence-electron chi connectivity index (χ0n) is 8.18. The smallest absolute Gasteiger partial charge is 0.0677 e. The van der Waals surface area contributed by atoms with Gasteiger partial charge in [0.2, 0.25) is 0 Å². The summed E-state index contributed by atoms with van der Waals surface area (Å²) >= 11 is 1.96. The normalized spacial score (nSPS) is 16.8. The first kappa shape index (κ1) is 9.97. The third-order valence-corrected chi connectivity index (χ3v) is 3.14. The van der Waals surface area contributed by atoms with Crippen LogP contribution in [0.4, 0.5) is 0 Å². The molecule has 0 aromatic carbocycles. The molecule has 0 aromatic rings. The van der Waals surface area contributed by atoms with Crippen molar-refractivity contribution in [2.24, 2.45) is 0 Å². The van der Waals surface area contributed by atoms with E-state index in [1.54, 1.807) is 0 Å². The molecule has 1 heterocycles. The molecule has 0 aliphatic carbocycles. The van der Waals surface area contributed by atoms with Gasteiger partial charge in [0.1, 0.15) is 0 Å². The van der Waals surface area contributed by atoms with Crippen molar-refractivity contribution in [2.45, 2.75) is 39.5 Å². The predicted molar refractivity (Wildman–Crippen MR) is 57.1 cm³/mol. The van der Waals surface area contributed by atoms with Crippen LogP contribution in [0.15, 0.2) is 11.1 Å². The molecule has 70 valence electrons. The van der Waals surface area contributed by atoms with E-state index >= 15 is 0 Å². The lowest BCUT2D eigenvalue weighted by molar-refractivity contribution is 0.423. The van der Waals surface area contributed by atoms with Crippen molar-refractivity contribution < 1.29 is 0 Å². The van der Waals surface area contributed by atoms with Crippen LogP contribution in [-0.4, -0.2) is 17.3 Å². The van der Waals surface area contributed by atoms with E-state index in [1.807, 2.05) is 11.8 Å². The van der Waals surface area contributed by atoms with Crippen LogP contribution in [0.3, 0.4) is 0 Å². The molecule has 0 saturated carbocycles. The van der Waals surface area contributed by atoms with Gasteiger partial charge in [-0.1, -0.05) is 26.2 Å². The fraction of sp³-hybridized carbons (Fsp3) is 0.800. The van der Waals surface area contributed by atoms with Crippen molar-refractivity contribution in [3.8, 4) is 0 Å². The average molecular weight is 185 g/mol. The minimum atomic E-state index is 1.18. The number of unbranched alkanes of at least 4 members (excludes halogenated alkanes) is 3. The minimum Gasteiger partial charge on any atom is -0.367 e. The van der Waals surface area contributed by atoms with Gasteiger partial charge in [-0.05, 0) is 18.2 Å². The number of nitrogens with zero attached hydrogens (tertiary/aromatic N) is 1. The standard InChI is InChI=1S/C10H19NS/c1-3-4-5-6-7-11-8-10(2)12-9-11/h8H,3-7,9H2,1-2H3. The third-order valence-electron chi connectivity index (χ3n) is 2.12. The SMILES string of the molecule is CCCCCCN1C=C(C)SC1. The molecule has 1 aliphatic rings. The van der Waals surface area contributed by atoms with Gasteiger partial charge in [0.05, 0.1) is 5.88 Å². The van der Waals surface area contributed by atoms with Gasteiger partial charge in [0, 0.05) is 12.7 Å². The number of allylic oxidation sites excluding steroid dienone is 1. The molecule has 0 saturated heterocycles. The van der Waals surface area contributed by atoms with Gasteiger partial charge in [-0.25, -0.2) is 0 Å². The molecule has 0 radical (unpaired) electrons. The maximum absolute atomic E-state index is 2.43. The quantitative estimate of drug-likeness (QED) is 0.604. The van der Waals surface area contributed by atoms with E-state index in [1.165, 1.54) is 43.0 Å². The first-order chi connectivity index (χ1) is 5.83. The van der Waals surface area contributed by atoms with Crippen LogP contribution in [0.1, 0.15) is 39.5 Å². The summed E-state index contributed by atoms with van der Waals surface area (Å²) < 4.78 is 0. The fourth-order valence-electron chi connectivity index (χ4n) is 1.39. The van der Waals surface area contributed by atoms with Crippen LogP contribution in [0.2, 0.25) is 0 Å².